The van der Waals surface area contributed by atoms with Crippen LogP contribution in [0.2, 0.25) is 0 Å². The number of ether oxygens (including phenoxy) is 1. The van der Waals surface area contributed by atoms with Gasteiger partial charge in [0.25, 0.3) is 11.6 Å². The number of amides is 1. The lowest BCUT2D eigenvalue weighted by Gasteiger charge is -2.00. The molecule has 1 amide bonds. The molecule has 26 heavy (non-hydrogen) atoms. The van der Waals surface area contributed by atoms with Crippen LogP contribution in [0.25, 0.3) is 6.08 Å². The average Bonchev–Trinajstić information content (AvgIpc) is 3.21. The van der Waals surface area contributed by atoms with E-state index in [0.717, 1.165) is 35.1 Å². The Kier molecular flexibility index (Phi) is 4.18. The largest absolute Gasteiger partial charge is 0.493 e. The van der Waals surface area contributed by atoms with Gasteiger partial charge in [0, 0.05) is 12.5 Å². The maximum absolute atomic E-state index is 12.2. The van der Waals surface area contributed by atoms with Gasteiger partial charge in [-0.15, -0.1) is 0 Å². The molecule has 0 saturated carbocycles. The predicted octanol–water partition coefficient (Wildman–Crippen LogP) is 3.42. The van der Waals surface area contributed by atoms with Crippen molar-refractivity contribution in [2.75, 3.05) is 6.61 Å². The van der Waals surface area contributed by atoms with Crippen molar-refractivity contribution in [3.8, 4) is 5.75 Å². The maximum atomic E-state index is 12.2. The number of nitro groups is 1. The van der Waals surface area contributed by atoms with Crippen molar-refractivity contribution in [1.29, 1.82) is 0 Å². The summed E-state index contributed by atoms with van der Waals surface area (Å²) < 4.78 is 5.48. The minimum absolute atomic E-state index is 0.106. The molecule has 0 bridgehead atoms. The third kappa shape index (κ3) is 3.18. The van der Waals surface area contributed by atoms with E-state index in [1.165, 1.54) is 6.07 Å². The Morgan fingerprint density at radius 3 is 2.96 bits per heavy atom. The number of benzene rings is 2. The van der Waals surface area contributed by atoms with Crippen LogP contribution in [-0.2, 0) is 11.2 Å². The molecule has 1 fully saturated rings. The number of nitro benzene ring substituents is 1. The van der Waals surface area contributed by atoms with E-state index in [0.29, 0.717) is 16.7 Å². The molecular weight excluding hydrogens is 354 g/mol. The first-order valence-electron chi connectivity index (χ1n) is 7.89. The highest BCUT2D eigenvalue weighted by molar-refractivity contribution is 8.18. The summed E-state index contributed by atoms with van der Waals surface area (Å²) in [6.07, 6.45) is 2.64. The normalized spacial score (nSPS) is 18.7. The lowest BCUT2D eigenvalue weighted by molar-refractivity contribution is -0.384. The summed E-state index contributed by atoms with van der Waals surface area (Å²) in [7, 11) is 0. The highest BCUT2D eigenvalue weighted by Crippen LogP contribution is 2.33. The Balaban J connectivity index is 1.60. The van der Waals surface area contributed by atoms with Gasteiger partial charge in [0.1, 0.15) is 11.4 Å². The Bertz CT molecular complexity index is 984. The zero-order valence-electron chi connectivity index (χ0n) is 13.5. The van der Waals surface area contributed by atoms with Crippen LogP contribution in [-0.4, -0.2) is 22.6 Å². The number of fused-ring (bicyclic) bond motifs is 1. The number of hydrogen-bond acceptors (Lipinski definition) is 6. The van der Waals surface area contributed by atoms with E-state index in [2.05, 4.69) is 10.3 Å². The standard InChI is InChI=1S/C18H13N3O4S/c22-17-16(10-11-5-6-15-12(9-11)7-8-25-15)26-18(20-17)19-13-3-1-2-4-14(13)21(23)24/h1-6,9-10H,7-8H2,(H,19,20,22)/b16-10+. The fourth-order valence-corrected chi connectivity index (χ4v) is 3.59. The lowest BCUT2D eigenvalue weighted by atomic mass is 10.1. The molecule has 0 spiro atoms. The Morgan fingerprint density at radius 2 is 2.12 bits per heavy atom. The molecule has 0 radical (unpaired) electrons. The lowest BCUT2D eigenvalue weighted by Crippen LogP contribution is -2.19. The number of hydrogen-bond donors (Lipinski definition) is 1. The SMILES string of the molecule is O=C1NC(=Nc2ccccc2[N+](=O)[O-])S/C1=C/c1ccc2c(c1)CCO2. The van der Waals surface area contributed by atoms with Gasteiger partial charge < -0.3 is 10.1 Å². The molecule has 4 rings (SSSR count). The number of para-hydroxylation sites is 2. The number of rotatable bonds is 3. The summed E-state index contributed by atoms with van der Waals surface area (Å²) in [6, 6.07) is 11.9. The summed E-state index contributed by atoms with van der Waals surface area (Å²) >= 11 is 1.16. The topological polar surface area (TPSA) is 93.8 Å². The summed E-state index contributed by atoms with van der Waals surface area (Å²) in [6.45, 7) is 0.678. The molecule has 0 unspecified atom stereocenters. The first-order chi connectivity index (χ1) is 12.6. The number of nitrogens with one attached hydrogen (secondary N) is 1. The van der Waals surface area contributed by atoms with Crippen molar-refractivity contribution in [2.45, 2.75) is 6.42 Å². The molecule has 2 aromatic carbocycles. The van der Waals surface area contributed by atoms with E-state index < -0.39 is 4.92 Å². The van der Waals surface area contributed by atoms with Crippen molar-refractivity contribution in [3.05, 3.63) is 68.6 Å². The van der Waals surface area contributed by atoms with Crippen LogP contribution in [0.15, 0.2) is 52.4 Å². The molecule has 0 aromatic heterocycles. The summed E-state index contributed by atoms with van der Waals surface area (Å²) in [4.78, 5) is 27.5. The highest BCUT2D eigenvalue weighted by atomic mass is 32.2. The Labute approximate surface area is 152 Å². The van der Waals surface area contributed by atoms with Crippen LogP contribution in [0.3, 0.4) is 0 Å². The van der Waals surface area contributed by atoms with E-state index >= 15 is 0 Å². The van der Waals surface area contributed by atoms with E-state index in [1.807, 2.05) is 18.2 Å². The van der Waals surface area contributed by atoms with Crippen LogP contribution in [0.4, 0.5) is 11.4 Å². The second-order valence-corrected chi connectivity index (χ2v) is 6.72. The van der Waals surface area contributed by atoms with Gasteiger partial charge in [-0.3, -0.25) is 14.9 Å². The number of carbonyl (C=O) groups excluding carboxylic acids is 1. The van der Waals surface area contributed by atoms with Gasteiger partial charge in [-0.2, -0.15) is 0 Å². The third-order valence-corrected chi connectivity index (χ3v) is 4.87. The van der Waals surface area contributed by atoms with Crippen molar-refractivity contribution < 1.29 is 14.5 Å². The predicted molar refractivity (Wildman–Crippen MR) is 99.5 cm³/mol. The number of nitrogens with zero attached hydrogens (tertiary/aromatic N) is 2. The molecule has 1 saturated heterocycles. The van der Waals surface area contributed by atoms with Gasteiger partial charge in [0.05, 0.1) is 16.4 Å². The first kappa shape index (κ1) is 16.3. The van der Waals surface area contributed by atoms with Crippen LogP contribution in [0, 0.1) is 10.1 Å². The molecule has 1 N–H and O–H groups in total. The van der Waals surface area contributed by atoms with E-state index in [1.54, 1.807) is 24.3 Å². The van der Waals surface area contributed by atoms with E-state index in [9.17, 15) is 14.9 Å². The molecule has 0 atom stereocenters. The number of carbonyl (C=O) groups is 1. The molecule has 8 heteroatoms. The number of amidine groups is 1. The van der Waals surface area contributed by atoms with Gasteiger partial charge in [-0.25, -0.2) is 4.99 Å². The molecule has 130 valence electrons. The fraction of sp³-hybridized carbons (Fsp3) is 0.111. The number of aliphatic imine (C=N–C) groups is 1. The molecule has 2 aliphatic heterocycles. The minimum atomic E-state index is -0.496. The minimum Gasteiger partial charge on any atom is -0.493 e. The monoisotopic (exact) mass is 367 g/mol. The average molecular weight is 367 g/mol. The van der Waals surface area contributed by atoms with Gasteiger partial charge in [0.2, 0.25) is 0 Å². The number of thioether (sulfide) groups is 1. The quantitative estimate of drug-likeness (QED) is 0.510. The Hall–Kier alpha value is -3.13. The van der Waals surface area contributed by atoms with Gasteiger partial charge in [0.15, 0.2) is 5.17 Å². The second-order valence-electron chi connectivity index (χ2n) is 5.69. The Morgan fingerprint density at radius 1 is 1.27 bits per heavy atom. The first-order valence-corrected chi connectivity index (χ1v) is 8.70. The van der Waals surface area contributed by atoms with E-state index in [4.69, 9.17) is 4.74 Å². The smallest absolute Gasteiger partial charge is 0.294 e. The second kappa shape index (κ2) is 6.64. The zero-order chi connectivity index (χ0) is 18.1. The summed E-state index contributed by atoms with van der Waals surface area (Å²) in [5, 5.41) is 14.0. The van der Waals surface area contributed by atoms with Gasteiger partial charge >= 0.3 is 0 Å². The van der Waals surface area contributed by atoms with Crippen molar-refractivity contribution in [1.82, 2.24) is 5.32 Å². The third-order valence-electron chi connectivity index (χ3n) is 3.96. The van der Waals surface area contributed by atoms with Crippen LogP contribution < -0.4 is 10.1 Å². The fourth-order valence-electron chi connectivity index (χ4n) is 2.75. The molecule has 7 nitrogen and oxygen atoms in total. The zero-order valence-corrected chi connectivity index (χ0v) is 14.3. The van der Waals surface area contributed by atoms with Gasteiger partial charge in [-0.05, 0) is 47.2 Å². The summed E-state index contributed by atoms with van der Waals surface area (Å²) in [5.41, 5.74) is 2.12. The molecule has 0 aliphatic carbocycles. The van der Waals surface area contributed by atoms with Crippen LogP contribution in [0.1, 0.15) is 11.1 Å². The van der Waals surface area contributed by atoms with Crippen molar-refractivity contribution in [3.63, 3.8) is 0 Å². The summed E-state index contributed by atoms with van der Waals surface area (Å²) in [5.74, 6) is 0.610. The molecule has 2 aliphatic rings. The van der Waals surface area contributed by atoms with Crippen molar-refractivity contribution >= 4 is 40.3 Å². The molecular formula is C18H13N3O4S. The highest BCUT2D eigenvalue weighted by Gasteiger charge is 2.25. The van der Waals surface area contributed by atoms with Crippen LogP contribution >= 0.6 is 11.8 Å². The molecule has 2 aromatic rings. The maximum Gasteiger partial charge on any atom is 0.294 e. The van der Waals surface area contributed by atoms with Crippen LogP contribution in [0.5, 0.6) is 5.75 Å². The molecule has 2 heterocycles. The van der Waals surface area contributed by atoms with Gasteiger partial charge in [-0.1, -0.05) is 18.2 Å². The van der Waals surface area contributed by atoms with E-state index in [-0.39, 0.29) is 17.3 Å². The van der Waals surface area contributed by atoms with Crippen molar-refractivity contribution in [2.24, 2.45) is 4.99 Å².